The Kier molecular flexibility index (Phi) is 3.72. The van der Waals surface area contributed by atoms with Gasteiger partial charge in [0, 0.05) is 12.7 Å². The summed E-state index contributed by atoms with van der Waals surface area (Å²) >= 11 is 1.78. The fourth-order valence-corrected chi connectivity index (χ4v) is 3.37. The summed E-state index contributed by atoms with van der Waals surface area (Å²) in [5.74, 6) is 0. The highest BCUT2D eigenvalue weighted by molar-refractivity contribution is 7.07. The molecule has 1 aliphatic heterocycles. The molecule has 94 valence electrons. The summed E-state index contributed by atoms with van der Waals surface area (Å²) < 4.78 is 0. The topological polar surface area (TPSA) is 16.1 Å². The molecule has 2 aromatic rings. The second-order valence-corrected chi connectivity index (χ2v) is 5.65. The summed E-state index contributed by atoms with van der Waals surface area (Å²) in [6.07, 6.45) is 5.78. The van der Waals surface area contributed by atoms with E-state index in [-0.39, 0.29) is 0 Å². The first-order valence-electron chi connectivity index (χ1n) is 6.59. The van der Waals surface area contributed by atoms with E-state index in [0.29, 0.717) is 6.04 Å². The molecule has 1 saturated heterocycles. The van der Waals surface area contributed by atoms with Crippen LogP contribution in [0, 0.1) is 0 Å². The minimum Gasteiger partial charge on any atom is -0.290 e. The number of pyridine rings is 1. The van der Waals surface area contributed by atoms with Crippen molar-refractivity contribution in [3.63, 3.8) is 0 Å². The van der Waals surface area contributed by atoms with E-state index in [4.69, 9.17) is 0 Å². The van der Waals surface area contributed by atoms with E-state index in [1.165, 1.54) is 37.1 Å². The molecule has 0 N–H and O–H groups in total. The molecule has 0 amide bonds. The second-order valence-electron chi connectivity index (χ2n) is 4.87. The van der Waals surface area contributed by atoms with Crippen LogP contribution in [0.4, 0.5) is 0 Å². The highest BCUT2D eigenvalue weighted by atomic mass is 32.1. The van der Waals surface area contributed by atoms with E-state index in [1.54, 1.807) is 11.3 Å². The van der Waals surface area contributed by atoms with Crippen molar-refractivity contribution in [3.8, 4) is 0 Å². The van der Waals surface area contributed by atoms with Crippen LogP contribution in [-0.2, 0) is 6.54 Å². The van der Waals surface area contributed by atoms with E-state index >= 15 is 0 Å². The van der Waals surface area contributed by atoms with E-state index < -0.39 is 0 Å². The molecule has 18 heavy (non-hydrogen) atoms. The average molecular weight is 258 g/mol. The first-order valence-corrected chi connectivity index (χ1v) is 7.54. The van der Waals surface area contributed by atoms with Gasteiger partial charge in [-0.3, -0.25) is 9.88 Å². The van der Waals surface area contributed by atoms with Crippen molar-refractivity contribution in [2.45, 2.75) is 31.8 Å². The van der Waals surface area contributed by atoms with Crippen LogP contribution in [0.3, 0.4) is 0 Å². The lowest BCUT2D eigenvalue weighted by Crippen LogP contribution is -2.33. The Labute approximate surface area is 112 Å². The molecule has 3 rings (SSSR count). The number of hydrogen-bond acceptors (Lipinski definition) is 3. The molecule has 0 spiro atoms. The summed E-state index contributed by atoms with van der Waals surface area (Å²) in [6.45, 7) is 2.25. The van der Waals surface area contributed by atoms with Gasteiger partial charge in [-0.1, -0.05) is 12.5 Å². The van der Waals surface area contributed by atoms with E-state index in [9.17, 15) is 0 Å². The third-order valence-corrected chi connectivity index (χ3v) is 4.34. The van der Waals surface area contributed by atoms with Gasteiger partial charge >= 0.3 is 0 Å². The van der Waals surface area contributed by atoms with Crippen molar-refractivity contribution in [2.24, 2.45) is 0 Å². The van der Waals surface area contributed by atoms with Gasteiger partial charge < -0.3 is 0 Å². The van der Waals surface area contributed by atoms with Gasteiger partial charge in [-0.25, -0.2) is 0 Å². The van der Waals surface area contributed by atoms with Gasteiger partial charge in [-0.2, -0.15) is 11.3 Å². The van der Waals surface area contributed by atoms with Crippen molar-refractivity contribution in [3.05, 3.63) is 52.5 Å². The minimum absolute atomic E-state index is 0.500. The lowest BCUT2D eigenvalue weighted by molar-refractivity contribution is 0.137. The highest BCUT2D eigenvalue weighted by Gasteiger charge is 2.24. The fourth-order valence-electron chi connectivity index (χ4n) is 2.71. The van der Waals surface area contributed by atoms with Crippen LogP contribution in [-0.4, -0.2) is 16.4 Å². The standard InChI is InChI=1S/C15H18N2S/c1-3-8-16-14(5-1)15-6-2-4-9-17(15)11-13-7-10-18-12-13/h1,3,5,7-8,10,12,15H,2,4,6,9,11H2/t15-/m1/s1. The van der Waals surface area contributed by atoms with Crippen LogP contribution in [0.2, 0.25) is 0 Å². The molecule has 0 unspecified atom stereocenters. The molecule has 0 aromatic carbocycles. The zero-order valence-corrected chi connectivity index (χ0v) is 11.3. The number of thiophene rings is 1. The van der Waals surface area contributed by atoms with Gasteiger partial charge in [0.1, 0.15) is 0 Å². The third kappa shape index (κ3) is 2.62. The average Bonchev–Trinajstić information content (AvgIpc) is 2.93. The van der Waals surface area contributed by atoms with Crippen LogP contribution < -0.4 is 0 Å². The molecule has 0 bridgehead atoms. The smallest absolute Gasteiger partial charge is 0.0575 e. The Morgan fingerprint density at radius 1 is 1.28 bits per heavy atom. The molecule has 1 aliphatic rings. The van der Waals surface area contributed by atoms with Gasteiger partial charge in [-0.15, -0.1) is 0 Å². The first-order chi connectivity index (χ1) is 8.93. The van der Waals surface area contributed by atoms with Crippen molar-refractivity contribution < 1.29 is 0 Å². The maximum absolute atomic E-state index is 4.54. The van der Waals surface area contributed by atoms with Gasteiger partial charge in [0.05, 0.1) is 11.7 Å². The number of hydrogen-bond donors (Lipinski definition) is 0. The summed E-state index contributed by atoms with van der Waals surface area (Å²) in [7, 11) is 0. The van der Waals surface area contributed by atoms with E-state index in [0.717, 1.165) is 6.54 Å². The van der Waals surface area contributed by atoms with Crippen molar-refractivity contribution in [1.29, 1.82) is 0 Å². The number of aromatic nitrogens is 1. The molecule has 1 fully saturated rings. The summed E-state index contributed by atoms with van der Waals surface area (Å²) in [5, 5.41) is 4.42. The Bertz CT molecular complexity index is 467. The highest BCUT2D eigenvalue weighted by Crippen LogP contribution is 2.31. The molecule has 3 heteroatoms. The van der Waals surface area contributed by atoms with E-state index in [2.05, 4.69) is 38.8 Å². The molecule has 2 nitrogen and oxygen atoms in total. The molecule has 2 aromatic heterocycles. The van der Waals surface area contributed by atoms with Gasteiger partial charge in [-0.05, 0) is 53.9 Å². The fraction of sp³-hybridized carbons (Fsp3) is 0.400. The quantitative estimate of drug-likeness (QED) is 0.831. The Morgan fingerprint density at radius 2 is 2.28 bits per heavy atom. The van der Waals surface area contributed by atoms with Gasteiger partial charge in [0.25, 0.3) is 0 Å². The summed E-state index contributed by atoms with van der Waals surface area (Å²) in [5.41, 5.74) is 2.66. The lowest BCUT2D eigenvalue weighted by Gasteiger charge is -2.35. The van der Waals surface area contributed by atoms with Crippen LogP contribution in [0.25, 0.3) is 0 Å². The maximum Gasteiger partial charge on any atom is 0.0575 e. The number of nitrogens with zero attached hydrogens (tertiary/aromatic N) is 2. The van der Waals surface area contributed by atoms with Crippen molar-refractivity contribution >= 4 is 11.3 Å². The largest absolute Gasteiger partial charge is 0.290 e. The van der Waals surface area contributed by atoms with E-state index in [1.807, 2.05) is 12.3 Å². The van der Waals surface area contributed by atoms with Gasteiger partial charge in [0.15, 0.2) is 0 Å². The van der Waals surface area contributed by atoms with Crippen LogP contribution in [0.15, 0.2) is 41.2 Å². The maximum atomic E-state index is 4.54. The van der Waals surface area contributed by atoms with Crippen LogP contribution in [0.5, 0.6) is 0 Å². The Hall–Kier alpha value is -1.19. The predicted octanol–water partition coefficient (Wildman–Crippen LogP) is 3.87. The molecule has 0 radical (unpaired) electrons. The van der Waals surface area contributed by atoms with Crippen molar-refractivity contribution in [2.75, 3.05) is 6.54 Å². The first kappa shape index (κ1) is 11.9. The molecule has 1 atom stereocenters. The Morgan fingerprint density at radius 3 is 3.06 bits per heavy atom. The molecule has 3 heterocycles. The summed E-state index contributed by atoms with van der Waals surface area (Å²) in [4.78, 5) is 7.12. The predicted molar refractivity (Wildman–Crippen MR) is 75.6 cm³/mol. The number of piperidine rings is 1. The zero-order valence-electron chi connectivity index (χ0n) is 10.5. The van der Waals surface area contributed by atoms with Crippen LogP contribution >= 0.6 is 11.3 Å². The normalized spacial score (nSPS) is 21.0. The van der Waals surface area contributed by atoms with Crippen LogP contribution in [0.1, 0.15) is 36.6 Å². The summed E-state index contributed by atoms with van der Waals surface area (Å²) in [6, 6.07) is 8.99. The molecule has 0 saturated carbocycles. The van der Waals surface area contributed by atoms with Crippen molar-refractivity contribution in [1.82, 2.24) is 9.88 Å². The number of likely N-dealkylation sites (tertiary alicyclic amines) is 1. The molecule has 0 aliphatic carbocycles. The van der Waals surface area contributed by atoms with Gasteiger partial charge in [0.2, 0.25) is 0 Å². The molecular weight excluding hydrogens is 240 g/mol. The monoisotopic (exact) mass is 258 g/mol. The second kappa shape index (κ2) is 5.63. The zero-order chi connectivity index (χ0) is 12.2. The lowest BCUT2D eigenvalue weighted by atomic mass is 9.98. The molecular formula is C15H18N2S. The minimum atomic E-state index is 0.500. The number of rotatable bonds is 3. The SMILES string of the molecule is c1ccc([C@H]2CCCCN2Cc2ccsc2)nc1. The Balaban J connectivity index is 1.78. The third-order valence-electron chi connectivity index (χ3n) is 3.61.